The predicted molar refractivity (Wildman–Crippen MR) is 121 cm³/mol. The molecule has 0 spiro atoms. The van der Waals surface area contributed by atoms with Gasteiger partial charge in [0, 0.05) is 25.4 Å². The third-order valence-electron chi connectivity index (χ3n) is 6.77. The topological polar surface area (TPSA) is 63.6 Å². The largest absolute Gasteiger partial charge is 0.383 e. The van der Waals surface area contributed by atoms with Gasteiger partial charge in [-0.2, -0.15) is 0 Å². The van der Waals surface area contributed by atoms with Crippen molar-refractivity contribution in [3.63, 3.8) is 0 Å². The lowest BCUT2D eigenvalue weighted by atomic mass is 9.93. The molecule has 0 saturated heterocycles. The summed E-state index contributed by atoms with van der Waals surface area (Å²) in [6.45, 7) is 3.10. The smallest absolute Gasteiger partial charge is 0.271 e. The number of rotatable bonds is 6. The number of carbonyl (C=O) groups excluding carboxylic acids is 2. The van der Waals surface area contributed by atoms with E-state index in [1.165, 1.54) is 12.8 Å². The van der Waals surface area contributed by atoms with E-state index in [0.29, 0.717) is 25.4 Å². The van der Waals surface area contributed by atoms with Crippen molar-refractivity contribution < 1.29 is 14.3 Å². The number of carbonyl (C=O) groups is 2. The molecule has 1 saturated carbocycles. The maximum Gasteiger partial charge on any atom is 0.271 e. The van der Waals surface area contributed by atoms with Gasteiger partial charge in [0.15, 0.2) is 0 Å². The number of fused-ring (bicyclic) bond motifs is 1. The number of aromatic nitrogens is 1. The van der Waals surface area contributed by atoms with Crippen LogP contribution in [-0.4, -0.2) is 53.1 Å². The van der Waals surface area contributed by atoms with Crippen LogP contribution in [0.15, 0.2) is 42.5 Å². The molecule has 1 N–H and O–H groups in total. The standard InChI is InChI=1S/C25H33N3O3/c1-25(24(30)26-20-12-8-3-4-9-13-20)18-27-21(19-10-6-5-7-11-19)14-15-22(27)23(29)28(25)16-17-31-2/h5-7,10-11,14-15,20H,3-4,8-9,12-13,16-18H2,1-2H3,(H,26,30)/t25-/m0/s1. The fraction of sp³-hybridized carbons (Fsp3) is 0.520. The van der Waals surface area contributed by atoms with Crippen molar-refractivity contribution in [2.45, 2.75) is 63.6 Å². The summed E-state index contributed by atoms with van der Waals surface area (Å²) in [5.41, 5.74) is 1.65. The Bertz CT molecular complexity index is 915. The van der Waals surface area contributed by atoms with Gasteiger partial charge in [-0.1, -0.05) is 56.0 Å². The van der Waals surface area contributed by atoms with Gasteiger partial charge in [0.2, 0.25) is 5.91 Å². The molecule has 31 heavy (non-hydrogen) atoms. The van der Waals surface area contributed by atoms with E-state index in [0.717, 1.165) is 36.9 Å². The number of methoxy groups -OCH3 is 1. The first kappa shape index (κ1) is 21.6. The summed E-state index contributed by atoms with van der Waals surface area (Å²) in [7, 11) is 1.62. The van der Waals surface area contributed by atoms with Crippen molar-refractivity contribution in [3.8, 4) is 11.3 Å². The molecule has 1 aliphatic heterocycles. The average molecular weight is 424 g/mol. The van der Waals surface area contributed by atoms with Gasteiger partial charge in [-0.3, -0.25) is 9.59 Å². The zero-order chi connectivity index (χ0) is 21.8. The zero-order valence-electron chi connectivity index (χ0n) is 18.6. The normalized spacial score (nSPS) is 22.1. The molecule has 6 nitrogen and oxygen atoms in total. The molecular formula is C25H33N3O3. The highest BCUT2D eigenvalue weighted by Crippen LogP contribution is 2.33. The van der Waals surface area contributed by atoms with Gasteiger partial charge in [0.25, 0.3) is 5.91 Å². The van der Waals surface area contributed by atoms with E-state index in [2.05, 4.69) is 5.32 Å². The summed E-state index contributed by atoms with van der Waals surface area (Å²) >= 11 is 0. The molecular weight excluding hydrogens is 390 g/mol. The highest BCUT2D eigenvalue weighted by molar-refractivity contribution is 6.00. The zero-order valence-corrected chi connectivity index (χ0v) is 18.6. The van der Waals surface area contributed by atoms with E-state index in [1.807, 2.05) is 54.0 Å². The van der Waals surface area contributed by atoms with Crippen LogP contribution in [0.1, 0.15) is 55.9 Å². The average Bonchev–Trinajstić information content (AvgIpc) is 3.02. The van der Waals surface area contributed by atoms with Crippen LogP contribution in [0.4, 0.5) is 0 Å². The molecule has 2 aliphatic rings. The van der Waals surface area contributed by atoms with Crippen LogP contribution in [0.25, 0.3) is 11.3 Å². The molecule has 6 heteroatoms. The minimum atomic E-state index is -0.975. The monoisotopic (exact) mass is 423 g/mol. The molecule has 0 unspecified atom stereocenters. The molecule has 1 aromatic carbocycles. The number of nitrogens with zero attached hydrogens (tertiary/aromatic N) is 2. The lowest BCUT2D eigenvalue weighted by molar-refractivity contribution is -0.134. The number of hydrogen-bond acceptors (Lipinski definition) is 3. The maximum atomic E-state index is 13.6. The van der Waals surface area contributed by atoms with Crippen molar-refractivity contribution in [2.24, 2.45) is 0 Å². The van der Waals surface area contributed by atoms with Gasteiger partial charge in [-0.15, -0.1) is 0 Å². The van der Waals surface area contributed by atoms with Crippen LogP contribution in [0.2, 0.25) is 0 Å². The summed E-state index contributed by atoms with van der Waals surface area (Å²) in [5.74, 6) is -0.189. The van der Waals surface area contributed by atoms with Crippen LogP contribution in [-0.2, 0) is 16.1 Å². The van der Waals surface area contributed by atoms with E-state index in [-0.39, 0.29) is 17.9 Å². The minimum absolute atomic E-state index is 0.0674. The van der Waals surface area contributed by atoms with Crippen molar-refractivity contribution in [3.05, 3.63) is 48.2 Å². The summed E-state index contributed by atoms with van der Waals surface area (Å²) in [4.78, 5) is 28.8. The van der Waals surface area contributed by atoms with E-state index in [1.54, 1.807) is 12.0 Å². The van der Waals surface area contributed by atoms with Crippen LogP contribution in [0.3, 0.4) is 0 Å². The molecule has 0 bridgehead atoms. The van der Waals surface area contributed by atoms with Gasteiger partial charge in [-0.25, -0.2) is 0 Å². The molecule has 2 aromatic rings. The third-order valence-corrected chi connectivity index (χ3v) is 6.77. The molecule has 0 radical (unpaired) electrons. The van der Waals surface area contributed by atoms with Crippen LogP contribution < -0.4 is 5.32 Å². The van der Waals surface area contributed by atoms with Crippen molar-refractivity contribution in [1.82, 2.24) is 14.8 Å². The number of hydrogen-bond donors (Lipinski definition) is 1. The SMILES string of the molecule is COCCN1C(=O)c2ccc(-c3ccccc3)n2C[C@@]1(C)C(=O)NC1CCCCCC1. The van der Waals surface area contributed by atoms with Crippen molar-refractivity contribution >= 4 is 11.8 Å². The van der Waals surface area contributed by atoms with E-state index in [9.17, 15) is 9.59 Å². The molecule has 166 valence electrons. The second-order valence-corrected chi connectivity index (χ2v) is 8.94. The quantitative estimate of drug-likeness (QED) is 0.718. The Morgan fingerprint density at radius 2 is 1.74 bits per heavy atom. The molecule has 2 amide bonds. The number of amides is 2. The van der Waals surface area contributed by atoms with Crippen molar-refractivity contribution in [1.29, 1.82) is 0 Å². The van der Waals surface area contributed by atoms with Gasteiger partial charge in [-0.05, 0) is 37.5 Å². The van der Waals surface area contributed by atoms with Gasteiger partial charge >= 0.3 is 0 Å². The first-order chi connectivity index (χ1) is 15.0. The van der Waals surface area contributed by atoms with Crippen molar-refractivity contribution in [2.75, 3.05) is 20.3 Å². The Kier molecular flexibility index (Phi) is 6.46. The number of nitrogens with one attached hydrogen (secondary N) is 1. The molecule has 2 heterocycles. The third kappa shape index (κ3) is 4.26. The summed E-state index contributed by atoms with van der Waals surface area (Å²) in [6, 6.07) is 14.1. The van der Waals surface area contributed by atoms with Gasteiger partial charge < -0.3 is 19.5 Å². The predicted octanol–water partition coefficient (Wildman–Crippen LogP) is 3.86. The fourth-order valence-corrected chi connectivity index (χ4v) is 4.93. The van der Waals surface area contributed by atoms with E-state index >= 15 is 0 Å². The van der Waals surface area contributed by atoms with E-state index in [4.69, 9.17) is 4.74 Å². The molecule has 1 fully saturated rings. The maximum absolute atomic E-state index is 13.6. The lowest BCUT2D eigenvalue weighted by Gasteiger charge is -2.44. The Balaban J connectivity index is 1.67. The lowest BCUT2D eigenvalue weighted by Crippen LogP contribution is -2.65. The molecule has 1 aromatic heterocycles. The fourth-order valence-electron chi connectivity index (χ4n) is 4.93. The minimum Gasteiger partial charge on any atom is -0.383 e. The Morgan fingerprint density at radius 1 is 1.06 bits per heavy atom. The van der Waals surface area contributed by atoms with E-state index < -0.39 is 5.54 Å². The number of ether oxygens (including phenoxy) is 1. The number of benzene rings is 1. The van der Waals surface area contributed by atoms with Crippen LogP contribution >= 0.6 is 0 Å². The summed E-state index contributed by atoms with van der Waals surface area (Å²) in [5, 5.41) is 3.29. The van der Waals surface area contributed by atoms with Gasteiger partial charge in [0.1, 0.15) is 11.2 Å². The van der Waals surface area contributed by atoms with Gasteiger partial charge in [0.05, 0.1) is 13.2 Å². The first-order valence-electron chi connectivity index (χ1n) is 11.4. The Labute approximate surface area is 184 Å². The van der Waals surface area contributed by atoms with Crippen LogP contribution in [0, 0.1) is 0 Å². The highest BCUT2D eigenvalue weighted by atomic mass is 16.5. The second kappa shape index (κ2) is 9.27. The summed E-state index contributed by atoms with van der Waals surface area (Å²) < 4.78 is 7.27. The Hall–Kier alpha value is -2.60. The first-order valence-corrected chi connectivity index (χ1v) is 11.4. The molecule has 4 rings (SSSR count). The molecule has 1 aliphatic carbocycles. The summed E-state index contributed by atoms with van der Waals surface area (Å²) in [6.07, 6.45) is 6.78. The van der Waals surface area contributed by atoms with Crippen LogP contribution in [0.5, 0.6) is 0 Å². The highest BCUT2D eigenvalue weighted by Gasteiger charge is 2.48. The molecule has 1 atom stereocenters. The Morgan fingerprint density at radius 3 is 2.42 bits per heavy atom. The second-order valence-electron chi connectivity index (χ2n) is 8.94.